The molecule has 1 aromatic rings. The molecular formula is C15H17F2N3O2. The SMILES string of the molecule is C[C@]1(c2cc(NC(=O)C3CC3)ccc2F)N=C(N)OC[C@@H]1F. The van der Waals surface area contributed by atoms with Crippen LogP contribution in [-0.2, 0) is 15.1 Å². The summed E-state index contributed by atoms with van der Waals surface area (Å²) in [5, 5.41) is 2.71. The minimum Gasteiger partial charge on any atom is -0.462 e. The third kappa shape index (κ3) is 2.63. The van der Waals surface area contributed by atoms with Crippen LogP contribution >= 0.6 is 0 Å². The van der Waals surface area contributed by atoms with E-state index < -0.39 is 17.5 Å². The van der Waals surface area contributed by atoms with E-state index in [2.05, 4.69) is 10.3 Å². The number of ether oxygens (including phenoxy) is 1. The van der Waals surface area contributed by atoms with Gasteiger partial charge in [-0.3, -0.25) is 4.79 Å². The summed E-state index contributed by atoms with van der Waals surface area (Å²) < 4.78 is 33.3. The zero-order chi connectivity index (χ0) is 15.9. The Balaban J connectivity index is 1.95. The number of amides is 1. The summed E-state index contributed by atoms with van der Waals surface area (Å²) in [6.07, 6.45) is 0.189. The third-order valence-electron chi connectivity index (χ3n) is 4.06. The third-order valence-corrected chi connectivity index (χ3v) is 4.06. The maximum atomic E-state index is 14.3. The molecule has 7 heteroatoms. The first kappa shape index (κ1) is 14.7. The van der Waals surface area contributed by atoms with Gasteiger partial charge in [0.05, 0.1) is 0 Å². The number of nitrogens with one attached hydrogen (secondary N) is 1. The van der Waals surface area contributed by atoms with E-state index in [1.807, 2.05) is 0 Å². The Bertz CT molecular complexity index is 646. The highest BCUT2D eigenvalue weighted by molar-refractivity contribution is 5.94. The van der Waals surface area contributed by atoms with Crippen LogP contribution in [0.15, 0.2) is 23.2 Å². The topological polar surface area (TPSA) is 76.7 Å². The number of nitrogens with two attached hydrogens (primary N) is 1. The van der Waals surface area contributed by atoms with Gasteiger partial charge in [0, 0.05) is 17.2 Å². The van der Waals surface area contributed by atoms with Crippen molar-refractivity contribution >= 4 is 17.6 Å². The monoisotopic (exact) mass is 309 g/mol. The molecule has 0 spiro atoms. The van der Waals surface area contributed by atoms with Crippen LogP contribution < -0.4 is 11.1 Å². The molecule has 2 atom stereocenters. The highest BCUT2D eigenvalue weighted by atomic mass is 19.1. The highest BCUT2D eigenvalue weighted by Crippen LogP contribution is 2.37. The molecule has 1 aliphatic carbocycles. The first-order chi connectivity index (χ1) is 10.4. The van der Waals surface area contributed by atoms with Crippen molar-refractivity contribution in [3.05, 3.63) is 29.6 Å². The highest BCUT2D eigenvalue weighted by Gasteiger charge is 2.42. The molecule has 0 bridgehead atoms. The lowest BCUT2D eigenvalue weighted by molar-refractivity contribution is -0.117. The lowest BCUT2D eigenvalue weighted by Gasteiger charge is -2.33. The van der Waals surface area contributed by atoms with Gasteiger partial charge < -0.3 is 15.8 Å². The number of aliphatic imine (C=N–C) groups is 1. The molecule has 3 N–H and O–H groups in total. The Labute approximate surface area is 126 Å². The normalized spacial score (nSPS) is 27.8. The predicted molar refractivity (Wildman–Crippen MR) is 77.6 cm³/mol. The second-order valence-corrected chi connectivity index (χ2v) is 5.83. The second kappa shape index (κ2) is 5.23. The van der Waals surface area contributed by atoms with Gasteiger partial charge in [0.2, 0.25) is 5.91 Å². The van der Waals surface area contributed by atoms with Gasteiger partial charge in [0.1, 0.15) is 18.0 Å². The molecule has 3 rings (SSSR count). The summed E-state index contributed by atoms with van der Waals surface area (Å²) in [7, 11) is 0. The Morgan fingerprint density at radius 3 is 2.91 bits per heavy atom. The van der Waals surface area contributed by atoms with Gasteiger partial charge in [-0.25, -0.2) is 13.8 Å². The van der Waals surface area contributed by atoms with Gasteiger partial charge in [-0.1, -0.05) is 0 Å². The standard InChI is InChI=1S/C15H17F2N3O2/c1-15(12(17)7-22-14(18)20-15)10-6-9(4-5-11(10)16)19-13(21)8-2-3-8/h4-6,8,12H,2-3,7H2,1H3,(H2,18,20)(H,19,21)/t12-,15+/m0/s1. The molecule has 1 saturated carbocycles. The molecule has 0 unspecified atom stereocenters. The van der Waals surface area contributed by atoms with Gasteiger partial charge >= 0.3 is 0 Å². The average molecular weight is 309 g/mol. The Morgan fingerprint density at radius 1 is 1.50 bits per heavy atom. The van der Waals surface area contributed by atoms with E-state index in [1.165, 1.54) is 25.1 Å². The van der Waals surface area contributed by atoms with Crippen LogP contribution in [0.1, 0.15) is 25.3 Å². The molecular weight excluding hydrogens is 292 g/mol. The first-order valence-electron chi connectivity index (χ1n) is 7.13. The van der Waals surface area contributed by atoms with E-state index in [0.717, 1.165) is 12.8 Å². The van der Waals surface area contributed by atoms with Crippen LogP contribution in [-0.4, -0.2) is 24.7 Å². The number of carbonyl (C=O) groups excluding carboxylic acids is 1. The van der Waals surface area contributed by atoms with Crippen LogP contribution in [0.2, 0.25) is 0 Å². The van der Waals surface area contributed by atoms with Crippen LogP contribution in [0.3, 0.4) is 0 Å². The Kier molecular flexibility index (Phi) is 3.50. The zero-order valence-corrected chi connectivity index (χ0v) is 12.1. The summed E-state index contributed by atoms with van der Waals surface area (Å²) in [6.45, 7) is 1.17. The number of benzene rings is 1. The maximum absolute atomic E-state index is 14.3. The van der Waals surface area contributed by atoms with Gasteiger partial charge in [0.15, 0.2) is 6.17 Å². The predicted octanol–water partition coefficient (Wildman–Crippen LogP) is 2.07. The minimum absolute atomic E-state index is 0.0229. The summed E-state index contributed by atoms with van der Waals surface area (Å²) >= 11 is 0. The molecule has 5 nitrogen and oxygen atoms in total. The van der Waals surface area contributed by atoms with E-state index in [4.69, 9.17) is 10.5 Å². The summed E-state index contributed by atoms with van der Waals surface area (Å²) in [5.74, 6) is -0.683. The molecule has 1 amide bonds. The Hall–Kier alpha value is -2.18. The van der Waals surface area contributed by atoms with Gasteiger partial charge in [-0.2, -0.15) is 0 Å². The van der Waals surface area contributed by atoms with Gasteiger partial charge in [-0.15, -0.1) is 0 Å². The smallest absolute Gasteiger partial charge is 0.283 e. The fourth-order valence-electron chi connectivity index (χ4n) is 2.46. The largest absolute Gasteiger partial charge is 0.462 e. The number of rotatable bonds is 3. The van der Waals surface area contributed by atoms with E-state index >= 15 is 0 Å². The zero-order valence-electron chi connectivity index (χ0n) is 12.1. The number of nitrogens with zero attached hydrogens (tertiary/aromatic N) is 1. The number of anilines is 1. The first-order valence-corrected chi connectivity index (χ1v) is 7.13. The van der Waals surface area contributed by atoms with E-state index in [9.17, 15) is 13.6 Å². The molecule has 1 aromatic carbocycles. The van der Waals surface area contributed by atoms with Crippen molar-refractivity contribution in [3.8, 4) is 0 Å². The average Bonchev–Trinajstić information content (AvgIpc) is 3.30. The fourth-order valence-corrected chi connectivity index (χ4v) is 2.46. The molecule has 0 radical (unpaired) electrons. The van der Waals surface area contributed by atoms with E-state index in [0.29, 0.717) is 5.69 Å². The van der Waals surface area contributed by atoms with Gasteiger partial charge in [0.25, 0.3) is 6.02 Å². The number of carbonyl (C=O) groups is 1. The van der Waals surface area contributed by atoms with Crippen molar-refractivity contribution in [1.29, 1.82) is 0 Å². The number of hydrogen-bond donors (Lipinski definition) is 2. The lowest BCUT2D eigenvalue weighted by atomic mass is 9.86. The molecule has 2 aliphatic rings. The lowest BCUT2D eigenvalue weighted by Crippen LogP contribution is -2.43. The second-order valence-electron chi connectivity index (χ2n) is 5.83. The van der Waals surface area contributed by atoms with Crippen LogP contribution in [0.25, 0.3) is 0 Å². The number of halogens is 2. The fraction of sp³-hybridized carbons (Fsp3) is 0.467. The molecule has 1 aliphatic heterocycles. The summed E-state index contributed by atoms with van der Waals surface area (Å²) in [5.41, 5.74) is 4.48. The minimum atomic E-state index is -1.54. The molecule has 22 heavy (non-hydrogen) atoms. The summed E-state index contributed by atoms with van der Waals surface area (Å²) in [6, 6.07) is 3.87. The van der Waals surface area contributed by atoms with Crippen molar-refractivity contribution in [2.75, 3.05) is 11.9 Å². The molecule has 1 fully saturated rings. The van der Waals surface area contributed by atoms with Crippen LogP contribution in [0, 0.1) is 11.7 Å². The molecule has 0 aromatic heterocycles. The van der Waals surface area contributed by atoms with Crippen molar-refractivity contribution in [1.82, 2.24) is 0 Å². The number of amidine groups is 1. The molecule has 0 saturated heterocycles. The molecule has 118 valence electrons. The quantitative estimate of drug-likeness (QED) is 0.897. The van der Waals surface area contributed by atoms with E-state index in [-0.39, 0.29) is 30.0 Å². The van der Waals surface area contributed by atoms with Crippen LogP contribution in [0.4, 0.5) is 14.5 Å². The van der Waals surface area contributed by atoms with Crippen LogP contribution in [0.5, 0.6) is 0 Å². The number of hydrogen-bond acceptors (Lipinski definition) is 4. The van der Waals surface area contributed by atoms with Crippen molar-refractivity contribution in [2.24, 2.45) is 16.6 Å². The van der Waals surface area contributed by atoms with Crippen molar-refractivity contribution < 1.29 is 18.3 Å². The number of alkyl halides is 1. The van der Waals surface area contributed by atoms with Crippen molar-refractivity contribution in [2.45, 2.75) is 31.5 Å². The van der Waals surface area contributed by atoms with Crippen molar-refractivity contribution in [3.63, 3.8) is 0 Å². The maximum Gasteiger partial charge on any atom is 0.283 e. The summed E-state index contributed by atoms with van der Waals surface area (Å²) in [4.78, 5) is 15.7. The Morgan fingerprint density at radius 2 is 2.23 bits per heavy atom. The van der Waals surface area contributed by atoms with E-state index in [1.54, 1.807) is 0 Å². The van der Waals surface area contributed by atoms with Gasteiger partial charge in [-0.05, 0) is 38.0 Å². The molecule has 1 heterocycles.